The Labute approximate surface area is 104 Å². The second-order valence-electron chi connectivity index (χ2n) is 3.93. The van der Waals surface area contributed by atoms with Crippen LogP contribution >= 0.6 is 0 Å². The average molecular weight is 237 g/mol. The average Bonchev–Trinajstić information content (AvgIpc) is 2.39. The van der Waals surface area contributed by atoms with E-state index >= 15 is 0 Å². The molecule has 3 aromatic rings. The first-order chi connectivity index (χ1) is 8.83. The van der Waals surface area contributed by atoms with Gasteiger partial charge in [0.2, 0.25) is 0 Å². The molecule has 0 aliphatic heterocycles. The Morgan fingerprint density at radius 2 is 1.83 bits per heavy atom. The van der Waals surface area contributed by atoms with Crippen molar-refractivity contribution in [1.82, 2.24) is 4.98 Å². The highest BCUT2D eigenvalue weighted by atomic mass is 16.5. The number of phenolic OH excluding ortho intramolecular Hbond substituents is 1. The van der Waals surface area contributed by atoms with Crippen molar-refractivity contribution in [2.24, 2.45) is 0 Å². The van der Waals surface area contributed by atoms with Crippen LogP contribution in [0, 0.1) is 0 Å². The molecule has 0 saturated carbocycles. The molecule has 2 aromatic carbocycles. The Hall–Kier alpha value is -2.55. The molecule has 0 amide bonds. The van der Waals surface area contributed by atoms with Gasteiger partial charge in [-0.3, -0.25) is 4.98 Å². The largest absolute Gasteiger partial charge is 0.508 e. The molecule has 0 radical (unpaired) electrons. The minimum atomic E-state index is 0.186. The topological polar surface area (TPSA) is 42.4 Å². The molecule has 18 heavy (non-hydrogen) atoms. The Kier molecular flexibility index (Phi) is 2.57. The zero-order valence-electron chi connectivity index (χ0n) is 9.58. The molecule has 1 heterocycles. The summed E-state index contributed by atoms with van der Waals surface area (Å²) < 4.78 is 5.77. The minimum absolute atomic E-state index is 0.186. The molecule has 0 aliphatic carbocycles. The molecular weight excluding hydrogens is 226 g/mol. The summed E-state index contributed by atoms with van der Waals surface area (Å²) in [5.74, 6) is 1.52. The predicted molar refractivity (Wildman–Crippen MR) is 69.9 cm³/mol. The Morgan fingerprint density at radius 3 is 2.72 bits per heavy atom. The van der Waals surface area contributed by atoms with Crippen molar-refractivity contribution >= 4 is 10.9 Å². The van der Waals surface area contributed by atoms with E-state index in [0.29, 0.717) is 5.75 Å². The van der Waals surface area contributed by atoms with Crippen molar-refractivity contribution in [3.63, 3.8) is 0 Å². The first-order valence-corrected chi connectivity index (χ1v) is 5.63. The van der Waals surface area contributed by atoms with Crippen molar-refractivity contribution in [2.75, 3.05) is 0 Å². The maximum Gasteiger partial charge on any atom is 0.136 e. The van der Waals surface area contributed by atoms with Gasteiger partial charge in [-0.05, 0) is 36.4 Å². The van der Waals surface area contributed by atoms with Gasteiger partial charge in [0.25, 0.3) is 0 Å². The molecule has 0 spiro atoms. The summed E-state index contributed by atoms with van der Waals surface area (Å²) in [6, 6.07) is 16.3. The molecule has 0 saturated heterocycles. The van der Waals surface area contributed by atoms with Crippen molar-refractivity contribution in [3.8, 4) is 17.2 Å². The molecule has 1 N–H and O–H groups in total. The monoisotopic (exact) mass is 237 g/mol. The molecule has 0 unspecified atom stereocenters. The molecule has 0 aliphatic rings. The molecule has 3 nitrogen and oxygen atoms in total. The van der Waals surface area contributed by atoms with Gasteiger partial charge >= 0.3 is 0 Å². The maximum absolute atomic E-state index is 9.41. The van der Waals surface area contributed by atoms with E-state index in [-0.39, 0.29) is 5.75 Å². The fourth-order valence-corrected chi connectivity index (χ4v) is 1.84. The lowest BCUT2D eigenvalue weighted by Gasteiger charge is -2.08. The minimum Gasteiger partial charge on any atom is -0.508 e. The number of benzene rings is 2. The number of ether oxygens (including phenoxy) is 1. The second kappa shape index (κ2) is 4.37. The van der Waals surface area contributed by atoms with E-state index in [1.54, 1.807) is 30.5 Å². The van der Waals surface area contributed by atoms with E-state index in [9.17, 15) is 5.11 Å². The Morgan fingerprint density at radius 1 is 0.944 bits per heavy atom. The highest BCUT2D eigenvalue weighted by Crippen LogP contribution is 2.29. The van der Waals surface area contributed by atoms with Gasteiger partial charge in [0.15, 0.2) is 0 Å². The summed E-state index contributed by atoms with van der Waals surface area (Å²) in [5, 5.41) is 10.4. The summed E-state index contributed by atoms with van der Waals surface area (Å²) in [6.07, 6.45) is 1.75. The van der Waals surface area contributed by atoms with Gasteiger partial charge in [0.1, 0.15) is 17.2 Å². The lowest BCUT2D eigenvalue weighted by molar-refractivity contribution is 0.457. The van der Waals surface area contributed by atoms with Crippen LogP contribution in [0.2, 0.25) is 0 Å². The van der Waals surface area contributed by atoms with Crippen LogP contribution in [0.25, 0.3) is 10.9 Å². The van der Waals surface area contributed by atoms with E-state index in [1.165, 1.54) is 0 Å². The number of pyridine rings is 1. The fourth-order valence-electron chi connectivity index (χ4n) is 1.84. The summed E-state index contributed by atoms with van der Waals surface area (Å²) in [4.78, 5) is 4.27. The number of fused-ring (bicyclic) bond motifs is 1. The molecule has 0 atom stereocenters. The van der Waals surface area contributed by atoms with Gasteiger partial charge in [0, 0.05) is 17.6 Å². The fraction of sp³-hybridized carbons (Fsp3) is 0. The highest BCUT2D eigenvalue weighted by Gasteiger charge is 2.03. The number of nitrogens with zero attached hydrogens (tertiary/aromatic N) is 1. The lowest BCUT2D eigenvalue weighted by Crippen LogP contribution is -1.86. The molecule has 3 rings (SSSR count). The number of hydrogen-bond acceptors (Lipinski definition) is 3. The third kappa shape index (κ3) is 1.98. The van der Waals surface area contributed by atoms with E-state index in [4.69, 9.17) is 4.74 Å². The highest BCUT2D eigenvalue weighted by molar-refractivity contribution is 5.85. The molecule has 1 aromatic heterocycles. The van der Waals surface area contributed by atoms with Gasteiger partial charge < -0.3 is 9.84 Å². The van der Waals surface area contributed by atoms with Gasteiger partial charge in [-0.1, -0.05) is 12.1 Å². The first-order valence-electron chi connectivity index (χ1n) is 5.63. The number of rotatable bonds is 2. The van der Waals surface area contributed by atoms with Gasteiger partial charge in [-0.2, -0.15) is 0 Å². The maximum atomic E-state index is 9.41. The van der Waals surface area contributed by atoms with Crippen molar-refractivity contribution in [2.45, 2.75) is 0 Å². The van der Waals surface area contributed by atoms with Gasteiger partial charge in [-0.15, -0.1) is 0 Å². The van der Waals surface area contributed by atoms with E-state index in [2.05, 4.69) is 4.98 Å². The van der Waals surface area contributed by atoms with E-state index in [1.807, 2.05) is 30.3 Å². The zero-order chi connectivity index (χ0) is 12.4. The third-order valence-electron chi connectivity index (χ3n) is 2.65. The van der Waals surface area contributed by atoms with Crippen molar-refractivity contribution in [3.05, 3.63) is 60.8 Å². The molecule has 88 valence electrons. The number of hydrogen-bond donors (Lipinski definition) is 1. The molecule has 3 heteroatoms. The van der Waals surface area contributed by atoms with Gasteiger partial charge in [-0.25, -0.2) is 0 Å². The van der Waals surface area contributed by atoms with Crippen LogP contribution in [0.5, 0.6) is 17.2 Å². The van der Waals surface area contributed by atoms with E-state index < -0.39 is 0 Å². The summed E-state index contributed by atoms with van der Waals surface area (Å²) >= 11 is 0. The van der Waals surface area contributed by atoms with Crippen LogP contribution in [-0.2, 0) is 0 Å². The van der Waals surface area contributed by atoms with Crippen LogP contribution in [0.4, 0.5) is 0 Å². The van der Waals surface area contributed by atoms with Crippen LogP contribution in [0.1, 0.15) is 0 Å². The van der Waals surface area contributed by atoms with Crippen LogP contribution in [0.3, 0.4) is 0 Å². The number of aromatic hydroxyl groups is 1. The lowest BCUT2D eigenvalue weighted by atomic mass is 10.2. The summed E-state index contributed by atoms with van der Waals surface area (Å²) in [6.45, 7) is 0. The second-order valence-corrected chi connectivity index (χ2v) is 3.93. The number of aromatic nitrogens is 1. The Bertz CT molecular complexity index is 689. The standard InChI is InChI=1S/C15H11NO2/c17-11-4-1-5-12(10-11)18-15-8-2-7-14-13(15)6-3-9-16-14/h1-10,17H. The number of phenols is 1. The van der Waals surface area contributed by atoms with E-state index in [0.717, 1.165) is 16.7 Å². The predicted octanol–water partition coefficient (Wildman–Crippen LogP) is 3.73. The van der Waals surface area contributed by atoms with Crippen molar-refractivity contribution < 1.29 is 9.84 Å². The van der Waals surface area contributed by atoms with Crippen LogP contribution < -0.4 is 4.74 Å². The quantitative estimate of drug-likeness (QED) is 0.738. The van der Waals surface area contributed by atoms with Crippen LogP contribution in [0.15, 0.2) is 60.8 Å². The smallest absolute Gasteiger partial charge is 0.136 e. The normalized spacial score (nSPS) is 10.4. The Balaban J connectivity index is 2.05. The van der Waals surface area contributed by atoms with Gasteiger partial charge in [0.05, 0.1) is 5.52 Å². The first kappa shape index (κ1) is 10.6. The van der Waals surface area contributed by atoms with Crippen molar-refractivity contribution in [1.29, 1.82) is 0 Å². The molecular formula is C15H11NO2. The molecule has 0 fully saturated rings. The summed E-state index contributed by atoms with van der Waals surface area (Å²) in [5.41, 5.74) is 0.884. The zero-order valence-corrected chi connectivity index (χ0v) is 9.58. The summed E-state index contributed by atoms with van der Waals surface area (Å²) in [7, 11) is 0. The van der Waals surface area contributed by atoms with Crippen LogP contribution in [-0.4, -0.2) is 10.1 Å². The third-order valence-corrected chi connectivity index (χ3v) is 2.65. The SMILES string of the molecule is Oc1cccc(Oc2cccc3ncccc23)c1. The molecule has 0 bridgehead atoms.